The van der Waals surface area contributed by atoms with E-state index in [0.29, 0.717) is 6.54 Å². The van der Waals surface area contributed by atoms with E-state index in [1.807, 2.05) is 6.92 Å². The van der Waals surface area contributed by atoms with Crippen LogP contribution in [0.5, 0.6) is 0 Å². The van der Waals surface area contributed by atoms with Crippen molar-refractivity contribution in [1.82, 2.24) is 14.9 Å². The second kappa shape index (κ2) is 6.57. The van der Waals surface area contributed by atoms with Gasteiger partial charge in [-0.25, -0.2) is 4.98 Å². The van der Waals surface area contributed by atoms with Crippen LogP contribution in [0.3, 0.4) is 0 Å². The molecule has 0 atom stereocenters. The van der Waals surface area contributed by atoms with E-state index in [9.17, 15) is 9.59 Å². The van der Waals surface area contributed by atoms with E-state index in [-0.39, 0.29) is 18.1 Å². The summed E-state index contributed by atoms with van der Waals surface area (Å²) in [6.45, 7) is 2.33. The Labute approximate surface area is 99.6 Å². The third-order valence-corrected chi connectivity index (χ3v) is 2.11. The van der Waals surface area contributed by atoms with Crippen LogP contribution in [0.4, 0.5) is 0 Å². The Hall–Kier alpha value is -1.98. The van der Waals surface area contributed by atoms with Gasteiger partial charge in [0.25, 0.3) is 5.91 Å². The van der Waals surface area contributed by atoms with E-state index < -0.39 is 5.97 Å². The summed E-state index contributed by atoms with van der Waals surface area (Å²) in [6.07, 6.45) is 5.06. The van der Waals surface area contributed by atoms with E-state index in [1.165, 1.54) is 30.6 Å². The van der Waals surface area contributed by atoms with Crippen molar-refractivity contribution in [2.24, 2.45) is 0 Å². The zero-order valence-corrected chi connectivity index (χ0v) is 9.92. The highest BCUT2D eigenvalue weighted by atomic mass is 16.5. The summed E-state index contributed by atoms with van der Waals surface area (Å²) in [5, 5.41) is 0. The number of hydrogen-bond donors (Lipinski definition) is 0. The highest BCUT2D eigenvalue weighted by Crippen LogP contribution is 2.01. The largest absolute Gasteiger partial charge is 0.468 e. The van der Waals surface area contributed by atoms with Crippen molar-refractivity contribution >= 4 is 11.9 Å². The molecule has 6 heteroatoms. The second-order valence-electron chi connectivity index (χ2n) is 3.39. The Bertz CT molecular complexity index is 381. The summed E-state index contributed by atoms with van der Waals surface area (Å²) < 4.78 is 4.54. The molecule has 0 spiro atoms. The predicted octanol–water partition coefficient (Wildman–Crippen LogP) is 0.502. The minimum atomic E-state index is -0.448. The van der Waals surface area contributed by atoms with Crippen molar-refractivity contribution in [3.05, 3.63) is 24.3 Å². The van der Waals surface area contributed by atoms with Gasteiger partial charge in [0.2, 0.25) is 0 Å². The van der Waals surface area contributed by atoms with Gasteiger partial charge < -0.3 is 9.64 Å². The molecule has 0 saturated carbocycles. The first-order valence-electron chi connectivity index (χ1n) is 5.31. The Morgan fingerprint density at radius 3 is 2.71 bits per heavy atom. The van der Waals surface area contributed by atoms with Crippen molar-refractivity contribution in [3.8, 4) is 0 Å². The summed E-state index contributed by atoms with van der Waals surface area (Å²) in [4.78, 5) is 32.3. The van der Waals surface area contributed by atoms with Gasteiger partial charge in [0.1, 0.15) is 12.2 Å². The maximum absolute atomic E-state index is 12.0. The fourth-order valence-electron chi connectivity index (χ4n) is 1.31. The van der Waals surface area contributed by atoms with E-state index in [2.05, 4.69) is 14.7 Å². The average Bonchev–Trinajstić information content (AvgIpc) is 2.38. The third kappa shape index (κ3) is 3.82. The lowest BCUT2D eigenvalue weighted by atomic mass is 10.3. The van der Waals surface area contributed by atoms with E-state index in [1.54, 1.807) is 0 Å². The van der Waals surface area contributed by atoms with Crippen LogP contribution in [-0.2, 0) is 9.53 Å². The molecular weight excluding hydrogens is 222 g/mol. The monoisotopic (exact) mass is 237 g/mol. The second-order valence-corrected chi connectivity index (χ2v) is 3.39. The number of hydrogen-bond acceptors (Lipinski definition) is 5. The molecule has 0 aliphatic rings. The van der Waals surface area contributed by atoms with Crippen LogP contribution in [0.1, 0.15) is 23.8 Å². The number of aromatic nitrogens is 2. The van der Waals surface area contributed by atoms with Gasteiger partial charge in [-0.05, 0) is 6.42 Å². The Morgan fingerprint density at radius 1 is 1.41 bits per heavy atom. The maximum Gasteiger partial charge on any atom is 0.325 e. The molecule has 0 saturated heterocycles. The van der Waals surface area contributed by atoms with Crippen LogP contribution >= 0.6 is 0 Å². The van der Waals surface area contributed by atoms with E-state index >= 15 is 0 Å². The van der Waals surface area contributed by atoms with E-state index in [0.717, 1.165) is 6.42 Å². The average molecular weight is 237 g/mol. The van der Waals surface area contributed by atoms with Crippen LogP contribution in [0.2, 0.25) is 0 Å². The molecule has 1 amide bonds. The first-order valence-corrected chi connectivity index (χ1v) is 5.31. The van der Waals surface area contributed by atoms with Crippen LogP contribution in [0.15, 0.2) is 18.6 Å². The molecule has 1 aromatic heterocycles. The van der Waals surface area contributed by atoms with Gasteiger partial charge in [-0.3, -0.25) is 14.6 Å². The molecule has 0 unspecified atom stereocenters. The van der Waals surface area contributed by atoms with Crippen LogP contribution in [0, 0.1) is 0 Å². The molecule has 17 heavy (non-hydrogen) atoms. The zero-order valence-electron chi connectivity index (χ0n) is 9.92. The third-order valence-electron chi connectivity index (χ3n) is 2.11. The SMILES string of the molecule is CCCN(CC(=O)OC)C(=O)c1cnccn1. The van der Waals surface area contributed by atoms with Crippen molar-refractivity contribution in [1.29, 1.82) is 0 Å². The maximum atomic E-state index is 12.0. The minimum absolute atomic E-state index is 0.0697. The number of esters is 1. The normalized spacial score (nSPS) is 9.76. The molecule has 0 aliphatic carbocycles. The number of methoxy groups -OCH3 is 1. The number of carbonyl (C=O) groups is 2. The van der Waals surface area contributed by atoms with Gasteiger partial charge in [-0.1, -0.05) is 6.92 Å². The summed E-state index contributed by atoms with van der Waals surface area (Å²) in [5.41, 5.74) is 0.227. The molecule has 0 bridgehead atoms. The smallest absolute Gasteiger partial charge is 0.325 e. The fraction of sp³-hybridized carbons (Fsp3) is 0.455. The predicted molar refractivity (Wildman–Crippen MR) is 60.2 cm³/mol. The van der Waals surface area contributed by atoms with Gasteiger partial charge in [0, 0.05) is 18.9 Å². The molecule has 0 fully saturated rings. The lowest BCUT2D eigenvalue weighted by Crippen LogP contribution is -2.37. The topological polar surface area (TPSA) is 72.4 Å². The Kier molecular flexibility index (Phi) is 5.06. The quantitative estimate of drug-likeness (QED) is 0.697. The Balaban J connectivity index is 2.77. The first-order chi connectivity index (χ1) is 8.19. The summed E-state index contributed by atoms with van der Waals surface area (Å²) in [7, 11) is 1.29. The van der Waals surface area contributed by atoms with Gasteiger partial charge in [0.15, 0.2) is 0 Å². The van der Waals surface area contributed by atoms with Crippen LogP contribution in [-0.4, -0.2) is 46.9 Å². The molecule has 6 nitrogen and oxygen atoms in total. The minimum Gasteiger partial charge on any atom is -0.468 e. The highest BCUT2D eigenvalue weighted by molar-refractivity contribution is 5.93. The number of nitrogens with zero attached hydrogens (tertiary/aromatic N) is 3. The molecular formula is C11H15N3O3. The Morgan fingerprint density at radius 2 is 2.18 bits per heavy atom. The van der Waals surface area contributed by atoms with Gasteiger partial charge in [-0.15, -0.1) is 0 Å². The standard InChI is InChI=1S/C11H15N3O3/c1-3-6-14(8-10(15)17-2)11(16)9-7-12-4-5-13-9/h4-5,7H,3,6,8H2,1-2H3. The fourth-order valence-corrected chi connectivity index (χ4v) is 1.31. The molecule has 0 aromatic carbocycles. The number of ether oxygens (including phenoxy) is 1. The molecule has 92 valence electrons. The number of rotatable bonds is 5. The van der Waals surface area contributed by atoms with Gasteiger partial charge in [-0.2, -0.15) is 0 Å². The molecule has 1 rings (SSSR count). The van der Waals surface area contributed by atoms with Crippen LogP contribution < -0.4 is 0 Å². The molecule has 1 aromatic rings. The van der Waals surface area contributed by atoms with Crippen molar-refractivity contribution in [3.63, 3.8) is 0 Å². The molecule has 0 N–H and O–H groups in total. The number of carbonyl (C=O) groups excluding carboxylic acids is 2. The van der Waals surface area contributed by atoms with Gasteiger partial charge >= 0.3 is 5.97 Å². The van der Waals surface area contributed by atoms with E-state index in [4.69, 9.17) is 0 Å². The van der Waals surface area contributed by atoms with Crippen molar-refractivity contribution in [2.75, 3.05) is 20.2 Å². The van der Waals surface area contributed by atoms with Crippen molar-refractivity contribution < 1.29 is 14.3 Å². The first kappa shape index (κ1) is 13.1. The summed E-state index contributed by atoms with van der Waals surface area (Å²) in [6, 6.07) is 0. The number of amides is 1. The zero-order chi connectivity index (χ0) is 12.7. The summed E-state index contributed by atoms with van der Waals surface area (Å²) in [5.74, 6) is -0.763. The lowest BCUT2D eigenvalue weighted by molar-refractivity contribution is -0.141. The van der Waals surface area contributed by atoms with Crippen molar-refractivity contribution in [2.45, 2.75) is 13.3 Å². The molecule has 1 heterocycles. The molecule has 0 radical (unpaired) electrons. The van der Waals surface area contributed by atoms with Gasteiger partial charge in [0.05, 0.1) is 13.3 Å². The lowest BCUT2D eigenvalue weighted by Gasteiger charge is -2.19. The summed E-state index contributed by atoms with van der Waals surface area (Å²) >= 11 is 0. The van der Waals surface area contributed by atoms with Crippen LogP contribution in [0.25, 0.3) is 0 Å². The highest BCUT2D eigenvalue weighted by Gasteiger charge is 2.19. The molecule has 0 aliphatic heterocycles.